The molecule has 1 amide bonds. The number of carbonyl (C=O) groups excluding carboxylic acids is 3. The van der Waals surface area contributed by atoms with Crippen molar-refractivity contribution in [1.29, 1.82) is 0 Å². The Hall–Kier alpha value is -3.61. The van der Waals surface area contributed by atoms with E-state index in [0.29, 0.717) is 17.7 Å². The molecule has 4 rings (SSSR count). The summed E-state index contributed by atoms with van der Waals surface area (Å²) in [6.45, 7) is 0.199. The molecule has 1 N–H and O–H groups in total. The maximum Gasteiger partial charge on any atom is 0.339 e. The molecule has 0 saturated heterocycles. The van der Waals surface area contributed by atoms with E-state index in [9.17, 15) is 14.4 Å². The van der Waals surface area contributed by atoms with E-state index in [1.54, 1.807) is 28.8 Å². The second-order valence-electron chi connectivity index (χ2n) is 7.44. The van der Waals surface area contributed by atoms with Crippen LogP contribution in [0.2, 0.25) is 10.0 Å². The Morgan fingerprint density at radius 1 is 0.912 bits per heavy atom. The number of benzene rings is 2. The molecular weight excluding hydrogens is 475 g/mol. The van der Waals surface area contributed by atoms with Gasteiger partial charge in [0.15, 0.2) is 0 Å². The van der Waals surface area contributed by atoms with Gasteiger partial charge >= 0.3 is 5.97 Å². The van der Waals surface area contributed by atoms with Crippen molar-refractivity contribution in [3.05, 3.63) is 100 Å². The first kappa shape index (κ1) is 23.5. The number of hydrogen-bond acceptors (Lipinski definition) is 4. The molecule has 2 aromatic carbocycles. The van der Waals surface area contributed by atoms with E-state index in [-0.39, 0.29) is 28.8 Å². The minimum atomic E-state index is -0.731. The zero-order valence-electron chi connectivity index (χ0n) is 18.0. The predicted molar refractivity (Wildman–Crippen MR) is 132 cm³/mol. The lowest BCUT2D eigenvalue weighted by Crippen LogP contribution is -2.33. The molecular formula is C26H20Cl2N2O4. The highest BCUT2D eigenvalue weighted by molar-refractivity contribution is 6.44. The summed E-state index contributed by atoms with van der Waals surface area (Å²) in [5, 5.41) is 2.99. The Labute approximate surface area is 206 Å². The highest BCUT2D eigenvalue weighted by Gasteiger charge is 2.24. The van der Waals surface area contributed by atoms with Gasteiger partial charge in [-0.25, -0.2) is 4.79 Å². The van der Waals surface area contributed by atoms with Crippen LogP contribution in [0, 0.1) is 0 Å². The summed E-state index contributed by atoms with van der Waals surface area (Å²) in [7, 11) is 0. The van der Waals surface area contributed by atoms with Crippen molar-refractivity contribution in [2.45, 2.75) is 6.42 Å². The van der Waals surface area contributed by atoms with E-state index < -0.39 is 17.7 Å². The molecule has 2 aromatic heterocycles. The number of rotatable bonds is 8. The van der Waals surface area contributed by atoms with Gasteiger partial charge in [0.25, 0.3) is 11.7 Å². The van der Waals surface area contributed by atoms with Crippen LogP contribution in [0.25, 0.3) is 16.6 Å². The van der Waals surface area contributed by atoms with Crippen molar-refractivity contribution in [3.63, 3.8) is 0 Å². The van der Waals surface area contributed by atoms with Crippen molar-refractivity contribution in [2.24, 2.45) is 0 Å². The lowest BCUT2D eigenvalue weighted by molar-refractivity contribution is -0.117. The van der Waals surface area contributed by atoms with Crippen LogP contribution in [0.15, 0.2) is 79.0 Å². The zero-order valence-corrected chi connectivity index (χ0v) is 19.5. The number of pyridine rings is 1. The number of nitrogens with one attached hydrogen (secondary N) is 1. The van der Waals surface area contributed by atoms with Crippen molar-refractivity contribution < 1.29 is 19.1 Å². The monoisotopic (exact) mass is 494 g/mol. The summed E-state index contributed by atoms with van der Waals surface area (Å²) in [5.74, 6) is -1.99. The minimum Gasteiger partial charge on any atom is -0.462 e. The number of aromatic nitrogens is 1. The first-order chi connectivity index (χ1) is 16.5. The molecule has 4 aromatic rings. The maximum absolute atomic E-state index is 13.1. The van der Waals surface area contributed by atoms with Crippen molar-refractivity contribution in [3.8, 4) is 11.1 Å². The van der Waals surface area contributed by atoms with Crippen LogP contribution in [-0.2, 0) is 9.53 Å². The number of fused-ring (bicyclic) bond motifs is 1. The highest BCUT2D eigenvalue weighted by Crippen LogP contribution is 2.28. The molecule has 0 fully saturated rings. The third-order valence-corrected chi connectivity index (χ3v) is 6.02. The normalized spacial score (nSPS) is 10.8. The van der Waals surface area contributed by atoms with Crippen LogP contribution < -0.4 is 5.32 Å². The fraction of sp³-hybridized carbons (Fsp3) is 0.115. The molecule has 172 valence electrons. The van der Waals surface area contributed by atoms with Gasteiger partial charge in [-0.3, -0.25) is 9.59 Å². The molecule has 0 aliphatic heterocycles. The fourth-order valence-electron chi connectivity index (χ4n) is 3.56. The van der Waals surface area contributed by atoms with Crippen LogP contribution in [0.5, 0.6) is 0 Å². The second kappa shape index (κ2) is 10.5. The van der Waals surface area contributed by atoms with E-state index in [1.165, 1.54) is 6.07 Å². The molecule has 0 spiro atoms. The van der Waals surface area contributed by atoms with Crippen molar-refractivity contribution in [2.75, 3.05) is 13.2 Å². The average Bonchev–Trinajstić information content (AvgIpc) is 3.25. The van der Waals surface area contributed by atoms with E-state index >= 15 is 0 Å². The van der Waals surface area contributed by atoms with Crippen molar-refractivity contribution >= 4 is 46.4 Å². The van der Waals surface area contributed by atoms with Gasteiger partial charge < -0.3 is 14.5 Å². The maximum atomic E-state index is 13.1. The van der Waals surface area contributed by atoms with Gasteiger partial charge in [0.05, 0.1) is 22.2 Å². The van der Waals surface area contributed by atoms with Gasteiger partial charge in [0, 0.05) is 23.8 Å². The predicted octanol–water partition coefficient (Wildman–Crippen LogP) is 5.46. The fourth-order valence-corrected chi connectivity index (χ4v) is 3.94. The number of Topliss-reactive ketones (excluding diaryl/α,β-unsaturated/α-hetero) is 1. The lowest BCUT2D eigenvalue weighted by Gasteiger charge is -2.09. The number of nitrogens with zero attached hydrogens (tertiary/aromatic N) is 1. The van der Waals surface area contributed by atoms with E-state index in [0.717, 1.165) is 11.1 Å². The summed E-state index contributed by atoms with van der Waals surface area (Å²) >= 11 is 11.9. The number of ether oxygens (including phenoxy) is 1. The minimum absolute atomic E-state index is 0.0411. The first-order valence-corrected chi connectivity index (χ1v) is 11.3. The van der Waals surface area contributed by atoms with Gasteiger partial charge in [0.1, 0.15) is 5.69 Å². The largest absolute Gasteiger partial charge is 0.462 e. The molecule has 0 aliphatic carbocycles. The number of amides is 1. The van der Waals surface area contributed by atoms with Gasteiger partial charge in [-0.2, -0.15) is 0 Å². The summed E-state index contributed by atoms with van der Waals surface area (Å²) in [4.78, 5) is 37.9. The van der Waals surface area contributed by atoms with Crippen molar-refractivity contribution in [1.82, 2.24) is 9.72 Å². The van der Waals surface area contributed by atoms with E-state index in [2.05, 4.69) is 5.32 Å². The highest BCUT2D eigenvalue weighted by atomic mass is 35.5. The third kappa shape index (κ3) is 4.98. The Bertz CT molecular complexity index is 1370. The van der Waals surface area contributed by atoms with Crippen LogP contribution in [0.3, 0.4) is 0 Å². The van der Waals surface area contributed by atoms with Gasteiger partial charge in [-0.05, 0) is 42.3 Å². The van der Waals surface area contributed by atoms with Gasteiger partial charge in [0.2, 0.25) is 0 Å². The molecule has 0 aliphatic rings. The summed E-state index contributed by atoms with van der Waals surface area (Å²) in [6, 6.07) is 21.6. The van der Waals surface area contributed by atoms with Crippen LogP contribution in [-0.4, -0.2) is 35.2 Å². The molecule has 8 heteroatoms. The van der Waals surface area contributed by atoms with Crippen LogP contribution >= 0.6 is 23.2 Å². The van der Waals surface area contributed by atoms with Gasteiger partial charge in [-0.15, -0.1) is 0 Å². The molecule has 34 heavy (non-hydrogen) atoms. The SMILES string of the molecule is O=C(NCCCOC(=O)c1cccc(Cl)c1Cl)C(=O)c1c(-c2ccccc2)cc2ccccn12. The molecule has 6 nitrogen and oxygen atoms in total. The summed E-state index contributed by atoms with van der Waals surface area (Å²) in [5.41, 5.74) is 2.79. The van der Waals surface area contributed by atoms with E-state index in [4.69, 9.17) is 27.9 Å². The van der Waals surface area contributed by atoms with Crippen LogP contribution in [0.4, 0.5) is 0 Å². The van der Waals surface area contributed by atoms with E-state index in [1.807, 2.05) is 48.5 Å². The Kier molecular flexibility index (Phi) is 7.30. The molecule has 0 saturated carbocycles. The number of hydrogen-bond donors (Lipinski definition) is 1. The zero-order chi connectivity index (χ0) is 24.1. The topological polar surface area (TPSA) is 76.9 Å². The molecule has 2 heterocycles. The number of esters is 1. The van der Waals surface area contributed by atoms with Crippen LogP contribution in [0.1, 0.15) is 27.3 Å². The second-order valence-corrected chi connectivity index (χ2v) is 8.23. The number of ketones is 1. The summed E-state index contributed by atoms with van der Waals surface area (Å²) in [6.07, 6.45) is 2.08. The lowest BCUT2D eigenvalue weighted by atomic mass is 10.0. The standard InChI is InChI=1S/C26H20Cl2N2O4/c27-21-12-6-11-19(22(21)28)26(33)34-15-7-13-29-25(32)24(31)23-20(17-8-2-1-3-9-17)16-18-10-4-5-14-30(18)23/h1-6,8-12,14,16H,7,13,15H2,(H,29,32). The smallest absolute Gasteiger partial charge is 0.339 e. The van der Waals surface area contributed by atoms with Gasteiger partial charge in [-0.1, -0.05) is 65.7 Å². The first-order valence-electron chi connectivity index (χ1n) is 10.6. The molecule has 0 unspecified atom stereocenters. The Morgan fingerprint density at radius 3 is 2.47 bits per heavy atom. The number of carbonyl (C=O) groups is 3. The molecule has 0 bridgehead atoms. The quantitative estimate of drug-likeness (QED) is 0.153. The average molecular weight is 495 g/mol. The molecule has 0 atom stereocenters. The number of halogens is 2. The third-order valence-electron chi connectivity index (χ3n) is 5.20. The molecule has 0 radical (unpaired) electrons. The Morgan fingerprint density at radius 2 is 1.68 bits per heavy atom. The summed E-state index contributed by atoms with van der Waals surface area (Å²) < 4.78 is 6.90. The Balaban J connectivity index is 1.39.